The van der Waals surface area contributed by atoms with Crippen LogP contribution in [0.15, 0.2) is 12.3 Å². The van der Waals surface area contributed by atoms with Crippen molar-refractivity contribution < 1.29 is 0 Å². The molecule has 0 unspecified atom stereocenters. The molecule has 3 heteroatoms. The minimum atomic E-state index is 0.882. The summed E-state index contributed by atoms with van der Waals surface area (Å²) in [4.78, 5) is 6.77. The summed E-state index contributed by atoms with van der Waals surface area (Å²) in [7, 11) is 4.07. The van der Waals surface area contributed by atoms with E-state index in [0.717, 1.165) is 18.9 Å². The predicted octanol–water partition coefficient (Wildman–Crippen LogP) is 2.35. The van der Waals surface area contributed by atoms with Gasteiger partial charge < -0.3 is 10.2 Å². The normalized spacial score (nSPS) is 10.5. The molecule has 0 saturated carbocycles. The first-order valence-corrected chi connectivity index (χ1v) is 6.00. The Bertz CT molecular complexity index is 323. The first-order valence-electron chi connectivity index (χ1n) is 6.00. The summed E-state index contributed by atoms with van der Waals surface area (Å²) >= 11 is 0. The molecule has 1 rings (SSSR count). The fourth-order valence-corrected chi connectivity index (χ4v) is 1.83. The number of nitrogens with one attached hydrogen (secondary N) is 1. The SMILES string of the molecule is CCCCN(C)c1ncc(CNC)cc1C. The van der Waals surface area contributed by atoms with Gasteiger partial charge in [0.25, 0.3) is 0 Å². The van der Waals surface area contributed by atoms with E-state index in [1.165, 1.54) is 24.0 Å². The van der Waals surface area contributed by atoms with E-state index in [0.29, 0.717) is 0 Å². The summed E-state index contributed by atoms with van der Waals surface area (Å²) in [6.45, 7) is 6.30. The first kappa shape index (κ1) is 13.0. The lowest BCUT2D eigenvalue weighted by atomic mass is 10.2. The van der Waals surface area contributed by atoms with Crippen LogP contribution >= 0.6 is 0 Å². The van der Waals surface area contributed by atoms with Crippen LogP contribution in [0.4, 0.5) is 5.82 Å². The van der Waals surface area contributed by atoms with Gasteiger partial charge in [0.15, 0.2) is 0 Å². The summed E-state index contributed by atoms with van der Waals surface area (Å²) in [5, 5.41) is 3.14. The third kappa shape index (κ3) is 3.49. The molecule has 0 aliphatic rings. The molecule has 0 spiro atoms. The molecule has 1 heterocycles. The molecule has 0 aromatic carbocycles. The lowest BCUT2D eigenvalue weighted by Crippen LogP contribution is -2.21. The van der Waals surface area contributed by atoms with Crippen molar-refractivity contribution in [1.82, 2.24) is 10.3 Å². The van der Waals surface area contributed by atoms with Crippen LogP contribution < -0.4 is 10.2 Å². The fourth-order valence-electron chi connectivity index (χ4n) is 1.83. The molecule has 1 aromatic rings. The second-order valence-electron chi connectivity index (χ2n) is 4.29. The summed E-state index contributed by atoms with van der Waals surface area (Å²) in [6, 6.07) is 2.21. The number of anilines is 1. The van der Waals surface area contributed by atoms with Gasteiger partial charge in [-0.05, 0) is 37.6 Å². The standard InChI is InChI=1S/C13H23N3/c1-5-6-7-16(4)13-11(2)8-12(9-14-3)10-15-13/h8,10,14H,5-7,9H2,1-4H3. The molecule has 0 bridgehead atoms. The minimum absolute atomic E-state index is 0.882. The maximum absolute atomic E-state index is 4.54. The molecule has 0 fully saturated rings. The zero-order valence-corrected chi connectivity index (χ0v) is 10.9. The second-order valence-corrected chi connectivity index (χ2v) is 4.29. The number of hydrogen-bond donors (Lipinski definition) is 1. The van der Waals surface area contributed by atoms with E-state index in [1.54, 1.807) is 0 Å². The van der Waals surface area contributed by atoms with Crippen molar-refractivity contribution in [2.24, 2.45) is 0 Å². The maximum Gasteiger partial charge on any atom is 0.131 e. The highest BCUT2D eigenvalue weighted by molar-refractivity contribution is 5.46. The molecular weight excluding hydrogens is 198 g/mol. The lowest BCUT2D eigenvalue weighted by molar-refractivity contribution is 0.754. The molecular formula is C13H23N3. The largest absolute Gasteiger partial charge is 0.359 e. The molecule has 1 N–H and O–H groups in total. The monoisotopic (exact) mass is 221 g/mol. The van der Waals surface area contributed by atoms with Crippen molar-refractivity contribution in [3.8, 4) is 0 Å². The topological polar surface area (TPSA) is 28.2 Å². The summed E-state index contributed by atoms with van der Waals surface area (Å²) in [5.74, 6) is 1.10. The van der Waals surface area contributed by atoms with Crippen LogP contribution in [0.3, 0.4) is 0 Å². The third-order valence-electron chi connectivity index (χ3n) is 2.70. The zero-order chi connectivity index (χ0) is 12.0. The fraction of sp³-hybridized carbons (Fsp3) is 0.615. The number of hydrogen-bond acceptors (Lipinski definition) is 3. The van der Waals surface area contributed by atoms with Gasteiger partial charge in [-0.1, -0.05) is 13.3 Å². The van der Waals surface area contributed by atoms with Gasteiger partial charge in [-0.25, -0.2) is 4.98 Å². The first-order chi connectivity index (χ1) is 7.69. The van der Waals surface area contributed by atoms with Gasteiger partial charge >= 0.3 is 0 Å². The highest BCUT2D eigenvalue weighted by Crippen LogP contribution is 2.17. The smallest absolute Gasteiger partial charge is 0.131 e. The molecule has 0 aliphatic carbocycles. The van der Waals surface area contributed by atoms with Crippen LogP contribution in [0, 0.1) is 6.92 Å². The van der Waals surface area contributed by atoms with E-state index in [1.807, 2.05) is 13.2 Å². The van der Waals surface area contributed by atoms with E-state index in [9.17, 15) is 0 Å². The number of aryl methyl sites for hydroxylation is 1. The van der Waals surface area contributed by atoms with Gasteiger partial charge in [0.2, 0.25) is 0 Å². The average molecular weight is 221 g/mol. The van der Waals surface area contributed by atoms with E-state index in [2.05, 4.69) is 42.2 Å². The molecule has 0 atom stereocenters. The quantitative estimate of drug-likeness (QED) is 0.799. The van der Waals surface area contributed by atoms with E-state index >= 15 is 0 Å². The van der Waals surface area contributed by atoms with Gasteiger partial charge in [-0.15, -0.1) is 0 Å². The van der Waals surface area contributed by atoms with Crippen molar-refractivity contribution in [2.75, 3.05) is 25.5 Å². The summed E-state index contributed by atoms with van der Waals surface area (Å²) < 4.78 is 0. The Morgan fingerprint density at radius 2 is 2.19 bits per heavy atom. The van der Waals surface area contributed by atoms with Gasteiger partial charge in [-0.3, -0.25) is 0 Å². The Labute approximate surface area is 98.9 Å². The van der Waals surface area contributed by atoms with Crippen molar-refractivity contribution in [3.63, 3.8) is 0 Å². The minimum Gasteiger partial charge on any atom is -0.359 e. The number of nitrogens with zero attached hydrogens (tertiary/aromatic N) is 2. The Morgan fingerprint density at radius 1 is 1.44 bits per heavy atom. The Hall–Kier alpha value is -1.09. The van der Waals surface area contributed by atoms with Crippen molar-refractivity contribution in [3.05, 3.63) is 23.4 Å². The van der Waals surface area contributed by atoms with Crippen molar-refractivity contribution in [1.29, 1.82) is 0 Å². The van der Waals surface area contributed by atoms with E-state index < -0.39 is 0 Å². The zero-order valence-electron chi connectivity index (χ0n) is 10.9. The molecule has 0 saturated heterocycles. The Kier molecular flexibility index (Phi) is 5.26. The lowest BCUT2D eigenvalue weighted by Gasteiger charge is -2.20. The van der Waals surface area contributed by atoms with Crippen LogP contribution in [0.5, 0.6) is 0 Å². The van der Waals surface area contributed by atoms with Crippen LogP contribution in [0.25, 0.3) is 0 Å². The number of aromatic nitrogens is 1. The van der Waals surface area contributed by atoms with E-state index in [4.69, 9.17) is 0 Å². The maximum atomic E-state index is 4.54. The molecule has 0 amide bonds. The van der Waals surface area contributed by atoms with Gasteiger partial charge in [0.1, 0.15) is 5.82 Å². The highest BCUT2D eigenvalue weighted by Gasteiger charge is 2.06. The van der Waals surface area contributed by atoms with Crippen LogP contribution in [-0.2, 0) is 6.54 Å². The average Bonchev–Trinajstić information content (AvgIpc) is 2.26. The third-order valence-corrected chi connectivity index (χ3v) is 2.70. The Morgan fingerprint density at radius 3 is 2.75 bits per heavy atom. The second kappa shape index (κ2) is 6.48. The molecule has 3 nitrogen and oxygen atoms in total. The van der Waals surface area contributed by atoms with Crippen LogP contribution in [0.1, 0.15) is 30.9 Å². The molecule has 16 heavy (non-hydrogen) atoms. The molecule has 90 valence electrons. The number of unbranched alkanes of at least 4 members (excludes halogenated alkanes) is 1. The molecule has 0 aliphatic heterocycles. The van der Waals surface area contributed by atoms with Gasteiger partial charge in [0, 0.05) is 26.3 Å². The number of pyridine rings is 1. The van der Waals surface area contributed by atoms with E-state index in [-0.39, 0.29) is 0 Å². The van der Waals surface area contributed by atoms with Crippen LogP contribution in [-0.4, -0.2) is 25.6 Å². The molecule has 0 radical (unpaired) electrons. The van der Waals surface area contributed by atoms with Crippen LogP contribution in [0.2, 0.25) is 0 Å². The summed E-state index contributed by atoms with van der Waals surface area (Å²) in [6.07, 6.45) is 4.40. The van der Waals surface area contributed by atoms with Crippen molar-refractivity contribution >= 4 is 5.82 Å². The molecule has 1 aromatic heterocycles. The summed E-state index contributed by atoms with van der Waals surface area (Å²) in [5.41, 5.74) is 2.50. The number of rotatable bonds is 6. The van der Waals surface area contributed by atoms with Crippen molar-refractivity contribution in [2.45, 2.75) is 33.2 Å². The van der Waals surface area contributed by atoms with Gasteiger partial charge in [-0.2, -0.15) is 0 Å². The highest BCUT2D eigenvalue weighted by atomic mass is 15.2. The Balaban J connectivity index is 2.73. The predicted molar refractivity (Wildman–Crippen MR) is 69.9 cm³/mol. The van der Waals surface area contributed by atoms with Gasteiger partial charge in [0.05, 0.1) is 0 Å².